The summed E-state index contributed by atoms with van der Waals surface area (Å²) in [6, 6.07) is 12.5. The van der Waals surface area contributed by atoms with Crippen molar-refractivity contribution in [3.8, 4) is 5.75 Å². The molecule has 2 aliphatic carbocycles. The molecule has 0 N–H and O–H groups in total. The molecule has 0 saturated heterocycles. The van der Waals surface area contributed by atoms with E-state index in [2.05, 4.69) is 32.6 Å². The summed E-state index contributed by atoms with van der Waals surface area (Å²) >= 11 is 5.91. The number of hydrogen-bond acceptors (Lipinski definition) is 6. The second-order valence-electron chi connectivity index (χ2n) is 12.2. The van der Waals surface area contributed by atoms with Crippen LogP contribution in [0.2, 0.25) is 5.02 Å². The van der Waals surface area contributed by atoms with Crippen LogP contribution in [0.3, 0.4) is 0 Å². The summed E-state index contributed by atoms with van der Waals surface area (Å²) in [6.45, 7) is 8.36. The molecule has 0 spiro atoms. The van der Waals surface area contributed by atoms with Crippen molar-refractivity contribution in [2.24, 2.45) is 10.8 Å². The van der Waals surface area contributed by atoms with Crippen LogP contribution in [-0.2, 0) is 19.7 Å². The Bertz CT molecular complexity index is 1460. The van der Waals surface area contributed by atoms with E-state index in [1.54, 1.807) is 18.2 Å². The van der Waals surface area contributed by atoms with Crippen molar-refractivity contribution in [1.82, 2.24) is 4.90 Å². The molecule has 2 aromatic carbocycles. The van der Waals surface area contributed by atoms with Crippen LogP contribution in [0.25, 0.3) is 0 Å². The van der Waals surface area contributed by atoms with Crippen LogP contribution in [0, 0.1) is 10.8 Å². The molecule has 6 nitrogen and oxygen atoms in total. The third kappa shape index (κ3) is 4.82. The summed E-state index contributed by atoms with van der Waals surface area (Å²) in [5.74, 6) is -0.396. The summed E-state index contributed by atoms with van der Waals surface area (Å²) in [7, 11) is -2.15. The lowest BCUT2D eigenvalue weighted by Gasteiger charge is -2.47. The van der Waals surface area contributed by atoms with Crippen LogP contribution < -0.4 is 4.18 Å². The molecule has 0 unspecified atom stereocenters. The highest BCUT2D eigenvalue weighted by molar-refractivity contribution is 7.87. The van der Waals surface area contributed by atoms with E-state index >= 15 is 0 Å². The standard InChI is InChI=1S/C30H32ClNO5S/c1-29(2)14-22-27(24(33)16-29)26(28-23(32(22)5)15-30(3,4)17-25(28)34)18-7-6-8-20(13-18)37-38(35,36)21-11-9-19(31)10-12-21/h6-13,26H,14-17H2,1-5H3. The second-order valence-corrected chi connectivity index (χ2v) is 14.1. The van der Waals surface area contributed by atoms with Crippen molar-refractivity contribution in [3.63, 3.8) is 0 Å². The molecular weight excluding hydrogens is 522 g/mol. The highest BCUT2D eigenvalue weighted by Crippen LogP contribution is 2.54. The fourth-order valence-corrected chi connectivity index (χ4v) is 7.07. The number of Topliss-reactive ketones (excluding diaryl/α,β-unsaturated/α-hetero) is 2. The predicted octanol–water partition coefficient (Wildman–Crippen LogP) is 6.42. The van der Waals surface area contributed by atoms with E-state index in [9.17, 15) is 18.0 Å². The molecule has 0 fully saturated rings. The first-order valence-electron chi connectivity index (χ1n) is 12.7. The Balaban J connectivity index is 1.62. The lowest BCUT2D eigenvalue weighted by atomic mass is 9.64. The number of nitrogens with zero attached hydrogens (tertiary/aromatic N) is 1. The first kappa shape index (κ1) is 26.7. The number of hydrogen-bond donors (Lipinski definition) is 0. The minimum atomic E-state index is -4.11. The molecular formula is C30H32ClNO5S. The van der Waals surface area contributed by atoms with Gasteiger partial charge in [0, 0.05) is 53.4 Å². The molecule has 0 aromatic heterocycles. The van der Waals surface area contributed by atoms with Crippen LogP contribution >= 0.6 is 11.6 Å². The molecule has 3 aliphatic rings. The molecule has 0 radical (unpaired) electrons. The van der Waals surface area contributed by atoms with E-state index in [0.717, 1.165) is 11.4 Å². The smallest absolute Gasteiger partial charge is 0.339 e. The Hall–Kier alpha value is -2.90. The van der Waals surface area contributed by atoms with Gasteiger partial charge in [-0.15, -0.1) is 0 Å². The zero-order chi connectivity index (χ0) is 27.6. The Kier molecular flexibility index (Phi) is 6.39. The van der Waals surface area contributed by atoms with Crippen LogP contribution in [0.5, 0.6) is 5.75 Å². The number of rotatable bonds is 4. The lowest BCUT2D eigenvalue weighted by Crippen LogP contribution is -2.43. The molecule has 0 saturated carbocycles. The van der Waals surface area contributed by atoms with Gasteiger partial charge in [0.25, 0.3) is 0 Å². The molecule has 0 amide bonds. The van der Waals surface area contributed by atoms with Crippen LogP contribution in [0.1, 0.15) is 64.9 Å². The number of allylic oxidation sites excluding steroid dienone is 4. The van der Waals surface area contributed by atoms with E-state index in [1.165, 1.54) is 24.3 Å². The van der Waals surface area contributed by atoms with Crippen molar-refractivity contribution in [2.75, 3.05) is 7.05 Å². The minimum absolute atomic E-state index is 0.0176. The van der Waals surface area contributed by atoms with Crippen LogP contribution in [-0.4, -0.2) is 31.9 Å². The minimum Gasteiger partial charge on any atom is -0.379 e. The highest BCUT2D eigenvalue weighted by Gasteiger charge is 2.48. The van der Waals surface area contributed by atoms with Gasteiger partial charge in [-0.05, 0) is 65.6 Å². The monoisotopic (exact) mass is 553 g/mol. The maximum Gasteiger partial charge on any atom is 0.339 e. The summed E-state index contributed by atoms with van der Waals surface area (Å²) in [5, 5.41) is 0.419. The number of carbonyl (C=O) groups is 2. The van der Waals surface area contributed by atoms with E-state index < -0.39 is 16.0 Å². The Morgan fingerprint density at radius 2 is 1.37 bits per heavy atom. The van der Waals surface area contributed by atoms with Gasteiger partial charge < -0.3 is 9.08 Å². The van der Waals surface area contributed by atoms with E-state index in [0.29, 0.717) is 47.4 Å². The maximum atomic E-state index is 13.7. The van der Waals surface area contributed by atoms with Gasteiger partial charge in [-0.25, -0.2) is 0 Å². The first-order chi connectivity index (χ1) is 17.7. The maximum absolute atomic E-state index is 13.7. The number of benzene rings is 2. The molecule has 200 valence electrons. The highest BCUT2D eigenvalue weighted by atomic mass is 35.5. The molecule has 1 heterocycles. The summed E-state index contributed by atoms with van der Waals surface area (Å²) in [5.41, 5.74) is 3.44. The van der Waals surface area contributed by atoms with Gasteiger partial charge in [0.2, 0.25) is 0 Å². The fraction of sp³-hybridized carbons (Fsp3) is 0.400. The van der Waals surface area contributed by atoms with Gasteiger partial charge in [-0.1, -0.05) is 51.4 Å². The van der Waals surface area contributed by atoms with Gasteiger partial charge in [0.05, 0.1) is 0 Å². The van der Waals surface area contributed by atoms with Gasteiger partial charge in [0.1, 0.15) is 10.6 Å². The molecule has 8 heteroatoms. The van der Waals surface area contributed by atoms with Crippen molar-refractivity contribution in [1.29, 1.82) is 0 Å². The topological polar surface area (TPSA) is 80.8 Å². The van der Waals surface area contributed by atoms with Gasteiger partial charge in [-0.2, -0.15) is 8.42 Å². The third-order valence-corrected chi connectivity index (χ3v) is 9.19. The first-order valence-corrected chi connectivity index (χ1v) is 14.5. The predicted molar refractivity (Wildman–Crippen MR) is 146 cm³/mol. The SMILES string of the molecule is CN1C2=C(C(=O)CC(C)(C)C2)C(c2cccc(OS(=O)(=O)c3ccc(Cl)cc3)c2)C2=C1CC(C)(C)CC2=O. The van der Waals surface area contributed by atoms with Crippen molar-refractivity contribution < 1.29 is 22.2 Å². The molecule has 2 aromatic rings. The molecule has 5 rings (SSSR count). The van der Waals surface area contributed by atoms with Gasteiger partial charge >= 0.3 is 10.1 Å². The summed E-state index contributed by atoms with van der Waals surface area (Å²) < 4.78 is 31.4. The fourth-order valence-electron chi connectivity index (χ4n) is 6.02. The molecule has 38 heavy (non-hydrogen) atoms. The largest absolute Gasteiger partial charge is 0.379 e. The zero-order valence-electron chi connectivity index (χ0n) is 22.3. The van der Waals surface area contributed by atoms with Gasteiger partial charge in [0.15, 0.2) is 11.6 Å². The Morgan fingerprint density at radius 1 is 0.842 bits per heavy atom. The number of halogens is 1. The zero-order valence-corrected chi connectivity index (χ0v) is 23.9. The average molecular weight is 554 g/mol. The Morgan fingerprint density at radius 3 is 1.89 bits per heavy atom. The van der Waals surface area contributed by atoms with Crippen molar-refractivity contribution >= 4 is 33.3 Å². The van der Waals surface area contributed by atoms with E-state index in [1.807, 2.05) is 13.1 Å². The quantitative estimate of drug-likeness (QED) is 0.406. The summed E-state index contributed by atoms with van der Waals surface area (Å²) in [6.07, 6.45) is 2.21. The van der Waals surface area contributed by atoms with Crippen molar-refractivity contribution in [3.05, 3.63) is 81.7 Å². The Labute approximate surface area is 229 Å². The van der Waals surface area contributed by atoms with E-state index in [-0.39, 0.29) is 33.0 Å². The second kappa shape index (κ2) is 9.09. The molecule has 0 bridgehead atoms. The normalized spacial score (nSPS) is 21.4. The van der Waals surface area contributed by atoms with E-state index in [4.69, 9.17) is 15.8 Å². The number of ketones is 2. The average Bonchev–Trinajstić information content (AvgIpc) is 2.79. The van der Waals surface area contributed by atoms with Gasteiger partial charge in [-0.3, -0.25) is 9.59 Å². The third-order valence-electron chi connectivity index (χ3n) is 7.68. The molecule has 1 aliphatic heterocycles. The van der Waals surface area contributed by atoms with Crippen molar-refractivity contribution in [2.45, 2.75) is 64.2 Å². The lowest BCUT2D eigenvalue weighted by molar-refractivity contribution is -0.119. The summed E-state index contributed by atoms with van der Waals surface area (Å²) in [4.78, 5) is 29.4. The van der Waals surface area contributed by atoms with Crippen LogP contribution in [0.4, 0.5) is 0 Å². The molecule has 0 atom stereocenters. The number of carbonyl (C=O) groups excluding carboxylic acids is 2. The van der Waals surface area contributed by atoms with Crippen LogP contribution in [0.15, 0.2) is 76.0 Å².